The second kappa shape index (κ2) is 6.96. The lowest BCUT2D eigenvalue weighted by atomic mass is 10.2. The SMILES string of the molecule is Cc1ccc(-n2ncc3c(=O)n(NC(=O)CCCBr)cnc32)cc1. The summed E-state index contributed by atoms with van der Waals surface area (Å²) in [6.07, 6.45) is 3.80. The summed E-state index contributed by atoms with van der Waals surface area (Å²) in [5, 5.41) is 5.33. The number of nitrogens with zero attached hydrogens (tertiary/aromatic N) is 4. The summed E-state index contributed by atoms with van der Waals surface area (Å²) in [5.74, 6) is -0.233. The van der Waals surface area contributed by atoms with Crippen LogP contribution in [0.4, 0.5) is 0 Å². The van der Waals surface area contributed by atoms with Crippen molar-refractivity contribution >= 4 is 32.9 Å². The Morgan fingerprint density at radius 2 is 2.04 bits per heavy atom. The van der Waals surface area contributed by atoms with Gasteiger partial charge in [0.2, 0.25) is 5.91 Å². The minimum atomic E-state index is -0.356. The van der Waals surface area contributed by atoms with Gasteiger partial charge in [0.25, 0.3) is 5.56 Å². The maximum absolute atomic E-state index is 12.5. The largest absolute Gasteiger partial charge is 0.283 e. The van der Waals surface area contributed by atoms with Crippen molar-refractivity contribution in [3.8, 4) is 5.69 Å². The second-order valence-corrected chi connectivity index (χ2v) is 6.17. The summed E-state index contributed by atoms with van der Waals surface area (Å²) < 4.78 is 2.70. The molecule has 0 saturated heterocycles. The molecule has 7 nitrogen and oxygen atoms in total. The van der Waals surface area contributed by atoms with Gasteiger partial charge in [0, 0.05) is 11.8 Å². The van der Waals surface area contributed by atoms with E-state index in [9.17, 15) is 9.59 Å². The van der Waals surface area contributed by atoms with Crippen molar-refractivity contribution in [1.29, 1.82) is 0 Å². The van der Waals surface area contributed by atoms with Gasteiger partial charge in [0.15, 0.2) is 5.65 Å². The minimum Gasteiger partial charge on any atom is -0.273 e. The molecule has 0 spiro atoms. The molecule has 0 fully saturated rings. The normalized spacial score (nSPS) is 10.9. The summed E-state index contributed by atoms with van der Waals surface area (Å²) in [5.41, 5.74) is 4.59. The van der Waals surface area contributed by atoms with Gasteiger partial charge in [-0.05, 0) is 25.5 Å². The summed E-state index contributed by atoms with van der Waals surface area (Å²) in [6.45, 7) is 2.00. The van der Waals surface area contributed by atoms with Gasteiger partial charge >= 0.3 is 0 Å². The molecule has 1 amide bonds. The standard InChI is InChI=1S/C16H16BrN5O2/c1-11-4-6-12(7-5-11)22-15-13(9-19-22)16(24)21(10-18-15)20-14(23)3-2-8-17/h4-7,9-10H,2-3,8H2,1H3,(H,20,23). The van der Waals surface area contributed by atoms with Crippen molar-refractivity contribution in [2.75, 3.05) is 10.8 Å². The molecule has 2 aromatic heterocycles. The number of aryl methyl sites for hydroxylation is 1. The smallest absolute Gasteiger partial charge is 0.273 e. The molecule has 0 aliphatic heterocycles. The van der Waals surface area contributed by atoms with Gasteiger partial charge in [-0.2, -0.15) is 5.10 Å². The number of halogens is 1. The van der Waals surface area contributed by atoms with E-state index >= 15 is 0 Å². The maximum atomic E-state index is 12.5. The van der Waals surface area contributed by atoms with Crippen molar-refractivity contribution in [3.05, 3.63) is 52.7 Å². The monoisotopic (exact) mass is 389 g/mol. The van der Waals surface area contributed by atoms with Crippen LogP contribution in [0.1, 0.15) is 18.4 Å². The van der Waals surface area contributed by atoms with Crippen LogP contribution in [-0.4, -0.2) is 30.7 Å². The molecule has 0 aliphatic rings. The Bertz CT molecular complexity index is 930. The van der Waals surface area contributed by atoms with Crippen molar-refractivity contribution in [2.45, 2.75) is 19.8 Å². The number of carbonyl (C=O) groups is 1. The summed E-state index contributed by atoms with van der Waals surface area (Å²) in [4.78, 5) is 28.5. The van der Waals surface area contributed by atoms with E-state index in [-0.39, 0.29) is 11.5 Å². The third-order valence-corrected chi connectivity index (χ3v) is 4.11. The van der Waals surface area contributed by atoms with Crippen LogP contribution in [0.25, 0.3) is 16.7 Å². The lowest BCUT2D eigenvalue weighted by molar-refractivity contribution is -0.117. The number of hydrogen-bond acceptors (Lipinski definition) is 4. The molecule has 3 aromatic rings. The van der Waals surface area contributed by atoms with Crippen LogP contribution in [0.15, 0.2) is 41.6 Å². The van der Waals surface area contributed by atoms with Crippen LogP contribution in [0.5, 0.6) is 0 Å². The molecular weight excluding hydrogens is 374 g/mol. The van der Waals surface area contributed by atoms with Gasteiger partial charge in [-0.3, -0.25) is 15.0 Å². The topological polar surface area (TPSA) is 81.8 Å². The quantitative estimate of drug-likeness (QED) is 0.677. The van der Waals surface area contributed by atoms with Crippen molar-refractivity contribution in [2.24, 2.45) is 0 Å². The van der Waals surface area contributed by atoms with E-state index in [4.69, 9.17) is 0 Å². The van der Waals surface area contributed by atoms with Crippen molar-refractivity contribution < 1.29 is 4.79 Å². The molecule has 0 bridgehead atoms. The van der Waals surface area contributed by atoms with E-state index in [1.807, 2.05) is 31.2 Å². The summed E-state index contributed by atoms with van der Waals surface area (Å²) in [7, 11) is 0. The predicted molar refractivity (Wildman–Crippen MR) is 95.3 cm³/mol. The fourth-order valence-electron chi connectivity index (χ4n) is 2.28. The number of amides is 1. The molecule has 0 radical (unpaired) electrons. The lowest BCUT2D eigenvalue weighted by Crippen LogP contribution is -2.33. The first-order valence-electron chi connectivity index (χ1n) is 7.48. The Hall–Kier alpha value is -2.48. The zero-order chi connectivity index (χ0) is 17.1. The van der Waals surface area contributed by atoms with Gasteiger partial charge in [-0.15, -0.1) is 0 Å². The molecule has 0 saturated carbocycles. The Kier molecular flexibility index (Phi) is 4.75. The number of alkyl halides is 1. The average molecular weight is 390 g/mol. The Morgan fingerprint density at radius 3 is 2.75 bits per heavy atom. The lowest BCUT2D eigenvalue weighted by Gasteiger charge is -2.07. The fraction of sp³-hybridized carbons (Fsp3) is 0.250. The van der Waals surface area contributed by atoms with Crippen LogP contribution >= 0.6 is 15.9 Å². The molecule has 124 valence electrons. The number of rotatable bonds is 5. The van der Waals surface area contributed by atoms with E-state index in [1.54, 1.807) is 4.68 Å². The highest BCUT2D eigenvalue weighted by Crippen LogP contribution is 2.14. The van der Waals surface area contributed by atoms with Gasteiger partial charge in [-0.1, -0.05) is 33.6 Å². The van der Waals surface area contributed by atoms with Gasteiger partial charge in [-0.25, -0.2) is 14.3 Å². The van der Waals surface area contributed by atoms with E-state index in [0.29, 0.717) is 23.9 Å². The maximum Gasteiger partial charge on any atom is 0.283 e. The number of hydrogen-bond donors (Lipinski definition) is 1. The number of aromatic nitrogens is 4. The molecule has 0 atom stereocenters. The predicted octanol–water partition coefficient (Wildman–Crippen LogP) is 2.14. The highest BCUT2D eigenvalue weighted by molar-refractivity contribution is 9.09. The fourth-order valence-corrected chi connectivity index (χ4v) is 2.56. The van der Waals surface area contributed by atoms with Gasteiger partial charge in [0.05, 0.1) is 11.9 Å². The molecular formula is C16H16BrN5O2. The molecule has 1 N–H and O–H groups in total. The van der Waals surface area contributed by atoms with Crippen molar-refractivity contribution in [1.82, 2.24) is 19.4 Å². The Labute approximate surface area is 146 Å². The van der Waals surface area contributed by atoms with Crippen LogP contribution < -0.4 is 11.0 Å². The molecule has 0 unspecified atom stereocenters. The zero-order valence-electron chi connectivity index (χ0n) is 13.1. The van der Waals surface area contributed by atoms with Gasteiger partial charge < -0.3 is 0 Å². The minimum absolute atomic E-state index is 0.233. The summed E-state index contributed by atoms with van der Waals surface area (Å²) >= 11 is 3.27. The molecule has 1 aromatic carbocycles. The van der Waals surface area contributed by atoms with Crippen molar-refractivity contribution in [3.63, 3.8) is 0 Å². The third kappa shape index (κ3) is 3.23. The molecule has 3 rings (SSSR count). The van der Waals surface area contributed by atoms with E-state index < -0.39 is 0 Å². The third-order valence-electron chi connectivity index (χ3n) is 3.55. The average Bonchev–Trinajstić information content (AvgIpc) is 3.01. The Morgan fingerprint density at radius 1 is 1.29 bits per heavy atom. The van der Waals surface area contributed by atoms with E-state index in [0.717, 1.165) is 21.3 Å². The Balaban J connectivity index is 1.95. The number of carbonyl (C=O) groups excluding carboxylic acids is 1. The first kappa shape index (κ1) is 16.4. The zero-order valence-corrected chi connectivity index (χ0v) is 14.7. The molecule has 2 heterocycles. The highest BCUT2D eigenvalue weighted by atomic mass is 79.9. The molecule has 0 aliphatic carbocycles. The first-order valence-corrected chi connectivity index (χ1v) is 8.60. The molecule has 24 heavy (non-hydrogen) atoms. The number of benzene rings is 1. The number of nitrogens with one attached hydrogen (secondary N) is 1. The number of fused-ring (bicyclic) bond motifs is 1. The second-order valence-electron chi connectivity index (χ2n) is 5.38. The van der Waals surface area contributed by atoms with Crippen LogP contribution in [0, 0.1) is 6.92 Å². The van der Waals surface area contributed by atoms with Crippen LogP contribution in [0.2, 0.25) is 0 Å². The summed E-state index contributed by atoms with van der Waals surface area (Å²) in [6, 6.07) is 7.76. The van der Waals surface area contributed by atoms with E-state index in [2.05, 4.69) is 31.4 Å². The van der Waals surface area contributed by atoms with Gasteiger partial charge in [0.1, 0.15) is 11.7 Å². The van der Waals surface area contributed by atoms with E-state index in [1.165, 1.54) is 12.5 Å². The highest BCUT2D eigenvalue weighted by Gasteiger charge is 2.12. The van der Waals surface area contributed by atoms with Crippen LogP contribution in [0.3, 0.4) is 0 Å². The molecule has 8 heteroatoms. The first-order chi connectivity index (χ1) is 11.6. The van der Waals surface area contributed by atoms with Crippen LogP contribution in [-0.2, 0) is 4.79 Å².